The van der Waals surface area contributed by atoms with Crippen LogP contribution in [0, 0.1) is 6.92 Å². The number of ether oxygens (including phenoxy) is 1. The first-order valence-corrected chi connectivity index (χ1v) is 7.48. The van der Waals surface area contributed by atoms with Crippen molar-refractivity contribution >= 4 is 17.3 Å². The maximum Gasteiger partial charge on any atom is 0.156 e. The summed E-state index contributed by atoms with van der Waals surface area (Å²) < 4.78 is 12.3. The van der Waals surface area contributed by atoms with Crippen molar-refractivity contribution in [1.29, 1.82) is 0 Å². The number of aryl methyl sites for hydroxylation is 1. The summed E-state index contributed by atoms with van der Waals surface area (Å²) in [7, 11) is 3.49. The molecule has 2 heterocycles. The van der Waals surface area contributed by atoms with Gasteiger partial charge >= 0.3 is 0 Å². The second-order valence-electron chi connectivity index (χ2n) is 5.15. The van der Waals surface area contributed by atoms with Crippen LogP contribution < -0.4 is 10.1 Å². The van der Waals surface area contributed by atoms with Gasteiger partial charge in [-0.25, -0.2) is 0 Å². The van der Waals surface area contributed by atoms with E-state index in [1.54, 1.807) is 18.0 Å². The molecule has 6 nitrogen and oxygen atoms in total. The van der Waals surface area contributed by atoms with E-state index in [0.717, 1.165) is 28.4 Å². The van der Waals surface area contributed by atoms with Gasteiger partial charge in [0.25, 0.3) is 0 Å². The Labute approximate surface area is 139 Å². The molecule has 0 amide bonds. The molecule has 0 bridgehead atoms. The van der Waals surface area contributed by atoms with Gasteiger partial charge in [-0.1, -0.05) is 16.8 Å². The van der Waals surface area contributed by atoms with Crippen LogP contribution in [0.3, 0.4) is 0 Å². The summed E-state index contributed by atoms with van der Waals surface area (Å²) in [4.78, 5) is 0. The molecule has 0 saturated carbocycles. The van der Waals surface area contributed by atoms with E-state index in [1.165, 1.54) is 0 Å². The minimum Gasteiger partial charge on any atom is -0.495 e. The summed E-state index contributed by atoms with van der Waals surface area (Å²) in [5.74, 6) is 1.38. The van der Waals surface area contributed by atoms with Crippen molar-refractivity contribution in [1.82, 2.24) is 14.9 Å². The molecule has 0 saturated heterocycles. The van der Waals surface area contributed by atoms with Crippen LogP contribution in [0.15, 0.2) is 35.0 Å². The van der Waals surface area contributed by atoms with Gasteiger partial charge in [-0.2, -0.15) is 5.10 Å². The second kappa shape index (κ2) is 6.34. The molecule has 3 aromatic rings. The number of hydrogen-bond acceptors (Lipinski definition) is 5. The standard InChI is InChI=1S/C16H17ClN4O2/c1-10-13(9-19-21(10)2)15-7-12(23-20-15)8-18-11-4-5-16(22-3)14(17)6-11/h4-7,9,18H,8H2,1-3H3. The van der Waals surface area contributed by atoms with Gasteiger partial charge < -0.3 is 14.6 Å². The first-order valence-electron chi connectivity index (χ1n) is 7.10. The zero-order valence-electron chi connectivity index (χ0n) is 13.1. The van der Waals surface area contributed by atoms with Crippen LogP contribution in [-0.2, 0) is 13.6 Å². The van der Waals surface area contributed by atoms with Gasteiger partial charge in [0.15, 0.2) is 5.76 Å². The molecular weight excluding hydrogens is 316 g/mol. The molecule has 3 rings (SSSR count). The van der Waals surface area contributed by atoms with Crippen LogP contribution in [-0.4, -0.2) is 22.0 Å². The molecule has 0 unspecified atom stereocenters. The van der Waals surface area contributed by atoms with Gasteiger partial charge in [-0.15, -0.1) is 0 Å². The van der Waals surface area contributed by atoms with Crippen molar-refractivity contribution in [2.45, 2.75) is 13.5 Å². The SMILES string of the molecule is COc1ccc(NCc2cc(-c3cnn(C)c3C)no2)cc1Cl. The number of aromatic nitrogens is 3. The van der Waals surface area contributed by atoms with E-state index in [4.69, 9.17) is 20.9 Å². The van der Waals surface area contributed by atoms with Crippen molar-refractivity contribution in [3.8, 4) is 17.0 Å². The third-order valence-electron chi connectivity index (χ3n) is 3.69. The Kier molecular flexibility index (Phi) is 4.25. The highest BCUT2D eigenvalue weighted by molar-refractivity contribution is 6.32. The number of nitrogens with zero attached hydrogens (tertiary/aromatic N) is 3. The van der Waals surface area contributed by atoms with Crippen molar-refractivity contribution in [3.63, 3.8) is 0 Å². The lowest BCUT2D eigenvalue weighted by molar-refractivity contribution is 0.390. The fraction of sp³-hybridized carbons (Fsp3) is 0.250. The molecule has 7 heteroatoms. The number of benzene rings is 1. The van der Waals surface area contributed by atoms with Gasteiger partial charge in [0.2, 0.25) is 0 Å². The summed E-state index contributed by atoms with van der Waals surface area (Å²) >= 11 is 6.11. The van der Waals surface area contributed by atoms with Gasteiger partial charge in [0.05, 0.1) is 24.9 Å². The van der Waals surface area contributed by atoms with Crippen molar-refractivity contribution in [3.05, 3.63) is 46.9 Å². The minimum atomic E-state index is 0.509. The Balaban J connectivity index is 1.70. The number of hydrogen-bond donors (Lipinski definition) is 1. The highest BCUT2D eigenvalue weighted by Crippen LogP contribution is 2.28. The lowest BCUT2D eigenvalue weighted by Gasteiger charge is -2.07. The number of nitrogens with one attached hydrogen (secondary N) is 1. The molecular formula is C16H17ClN4O2. The van der Waals surface area contributed by atoms with E-state index in [-0.39, 0.29) is 0 Å². The molecule has 0 fully saturated rings. The van der Waals surface area contributed by atoms with Gasteiger partial charge in [-0.05, 0) is 25.1 Å². The van der Waals surface area contributed by atoms with E-state index in [1.807, 2.05) is 38.2 Å². The summed E-state index contributed by atoms with van der Waals surface area (Å²) in [6.07, 6.45) is 1.79. The van der Waals surface area contributed by atoms with Crippen LogP contribution in [0.2, 0.25) is 5.02 Å². The third kappa shape index (κ3) is 3.17. The predicted molar refractivity (Wildman–Crippen MR) is 88.8 cm³/mol. The summed E-state index contributed by atoms with van der Waals surface area (Å²) in [6.45, 7) is 2.50. The zero-order chi connectivity index (χ0) is 16.4. The molecule has 0 radical (unpaired) electrons. The zero-order valence-corrected chi connectivity index (χ0v) is 13.9. The van der Waals surface area contributed by atoms with Gasteiger partial charge in [0, 0.05) is 30.1 Å². The number of rotatable bonds is 5. The molecule has 0 spiro atoms. The van der Waals surface area contributed by atoms with Crippen LogP contribution in [0.25, 0.3) is 11.3 Å². The molecule has 1 N–H and O–H groups in total. The van der Waals surface area contributed by atoms with E-state index < -0.39 is 0 Å². The first kappa shape index (κ1) is 15.4. The molecule has 23 heavy (non-hydrogen) atoms. The maximum atomic E-state index is 6.11. The normalized spacial score (nSPS) is 10.8. The maximum absolute atomic E-state index is 6.11. The van der Waals surface area contributed by atoms with E-state index >= 15 is 0 Å². The van der Waals surface area contributed by atoms with Crippen molar-refractivity contribution in [2.24, 2.45) is 7.05 Å². The Hall–Kier alpha value is -2.47. The predicted octanol–water partition coefficient (Wildman–Crippen LogP) is 3.66. The Morgan fingerprint density at radius 3 is 2.83 bits per heavy atom. The smallest absolute Gasteiger partial charge is 0.156 e. The van der Waals surface area contributed by atoms with Crippen LogP contribution in [0.4, 0.5) is 5.69 Å². The second-order valence-corrected chi connectivity index (χ2v) is 5.56. The Bertz CT molecular complexity index is 825. The van der Waals surface area contributed by atoms with Crippen LogP contribution in [0.5, 0.6) is 5.75 Å². The number of halogens is 1. The van der Waals surface area contributed by atoms with E-state index in [0.29, 0.717) is 17.3 Å². The highest BCUT2D eigenvalue weighted by atomic mass is 35.5. The number of methoxy groups -OCH3 is 1. The summed E-state index contributed by atoms with van der Waals surface area (Å²) in [6, 6.07) is 7.42. The molecule has 0 atom stereocenters. The summed E-state index contributed by atoms with van der Waals surface area (Å²) in [5, 5.41) is 12.1. The van der Waals surface area contributed by atoms with E-state index in [9.17, 15) is 0 Å². The van der Waals surface area contributed by atoms with Gasteiger partial charge in [0.1, 0.15) is 11.4 Å². The number of anilines is 1. The van der Waals surface area contributed by atoms with Crippen LogP contribution in [0.1, 0.15) is 11.5 Å². The molecule has 0 aliphatic rings. The van der Waals surface area contributed by atoms with Gasteiger partial charge in [-0.3, -0.25) is 4.68 Å². The molecule has 2 aromatic heterocycles. The Morgan fingerprint density at radius 2 is 2.17 bits per heavy atom. The lowest BCUT2D eigenvalue weighted by Crippen LogP contribution is -1.98. The van der Waals surface area contributed by atoms with Crippen molar-refractivity contribution in [2.75, 3.05) is 12.4 Å². The summed E-state index contributed by atoms with van der Waals surface area (Å²) in [5.41, 5.74) is 3.67. The monoisotopic (exact) mass is 332 g/mol. The Morgan fingerprint density at radius 1 is 1.35 bits per heavy atom. The molecule has 1 aromatic carbocycles. The molecule has 0 aliphatic carbocycles. The van der Waals surface area contributed by atoms with E-state index in [2.05, 4.69) is 15.6 Å². The minimum absolute atomic E-state index is 0.509. The average molecular weight is 333 g/mol. The fourth-order valence-electron chi connectivity index (χ4n) is 2.24. The first-order chi connectivity index (χ1) is 11.1. The van der Waals surface area contributed by atoms with Crippen molar-refractivity contribution < 1.29 is 9.26 Å². The molecule has 120 valence electrons. The average Bonchev–Trinajstić information content (AvgIpc) is 3.13. The highest BCUT2D eigenvalue weighted by Gasteiger charge is 2.12. The third-order valence-corrected chi connectivity index (χ3v) is 3.98. The topological polar surface area (TPSA) is 65.1 Å². The fourth-order valence-corrected chi connectivity index (χ4v) is 2.50. The quantitative estimate of drug-likeness (QED) is 0.772. The molecule has 0 aliphatic heterocycles. The largest absolute Gasteiger partial charge is 0.495 e. The lowest BCUT2D eigenvalue weighted by atomic mass is 10.2. The van der Waals surface area contributed by atoms with Crippen LogP contribution >= 0.6 is 11.6 Å².